The van der Waals surface area contributed by atoms with Crippen molar-refractivity contribution in [1.82, 2.24) is 4.98 Å². The van der Waals surface area contributed by atoms with Crippen LogP contribution in [0.4, 0.5) is 13.2 Å². The van der Waals surface area contributed by atoms with Crippen LogP contribution in [-0.2, 0) is 5.88 Å². The van der Waals surface area contributed by atoms with Crippen molar-refractivity contribution in [3.05, 3.63) is 17.3 Å². The van der Waals surface area contributed by atoms with Crippen LogP contribution in [-0.4, -0.2) is 27.5 Å². The lowest BCUT2D eigenvalue weighted by Gasteiger charge is -2.11. The number of hydrogen-bond donors (Lipinski definition) is 2. The third-order valence-corrected chi connectivity index (χ3v) is 1.89. The first kappa shape index (κ1) is 13.4. The van der Waals surface area contributed by atoms with E-state index in [1.165, 1.54) is 0 Å². The first-order valence-corrected chi connectivity index (χ1v) is 4.56. The summed E-state index contributed by atoms with van der Waals surface area (Å²) in [7, 11) is 0. The molecule has 1 aromatic rings. The van der Waals surface area contributed by atoms with Gasteiger partial charge in [-0.15, -0.1) is 24.8 Å². The molecule has 94 valence electrons. The van der Waals surface area contributed by atoms with Crippen LogP contribution in [0.5, 0.6) is 11.6 Å². The molecule has 17 heavy (non-hydrogen) atoms. The predicted octanol–water partition coefficient (Wildman–Crippen LogP) is 2.12. The summed E-state index contributed by atoms with van der Waals surface area (Å²) >= 11 is 5.36. The lowest BCUT2D eigenvalue weighted by molar-refractivity contribution is -0.276. The highest BCUT2D eigenvalue weighted by atomic mass is 35.5. The largest absolute Gasteiger partial charge is 0.574 e. The van der Waals surface area contributed by atoms with Crippen molar-refractivity contribution in [1.29, 1.82) is 0 Å². The molecule has 0 fully saturated rings. The number of pyridine rings is 1. The van der Waals surface area contributed by atoms with Crippen molar-refractivity contribution < 1.29 is 32.9 Å². The molecule has 0 bridgehead atoms. The van der Waals surface area contributed by atoms with E-state index in [0.29, 0.717) is 0 Å². The molecule has 1 heterocycles. The monoisotopic (exact) mass is 271 g/mol. The minimum Gasteiger partial charge on any atom is -0.503 e. The zero-order valence-electron chi connectivity index (χ0n) is 7.95. The van der Waals surface area contributed by atoms with Crippen LogP contribution in [0.15, 0.2) is 6.07 Å². The van der Waals surface area contributed by atoms with Gasteiger partial charge >= 0.3 is 12.3 Å². The molecule has 0 spiro atoms. The maximum absolute atomic E-state index is 11.9. The zero-order valence-corrected chi connectivity index (χ0v) is 8.71. The highest BCUT2D eigenvalue weighted by Crippen LogP contribution is 2.31. The molecule has 0 aliphatic rings. The maximum Gasteiger partial charge on any atom is 0.574 e. The van der Waals surface area contributed by atoms with Crippen LogP contribution in [0, 0.1) is 0 Å². The smallest absolute Gasteiger partial charge is 0.503 e. The summed E-state index contributed by atoms with van der Waals surface area (Å²) in [6, 6.07) is 0.754. The van der Waals surface area contributed by atoms with E-state index in [4.69, 9.17) is 21.8 Å². The second-order valence-electron chi connectivity index (χ2n) is 2.81. The van der Waals surface area contributed by atoms with Gasteiger partial charge in [-0.2, -0.15) is 0 Å². The molecule has 1 aromatic heterocycles. The predicted molar refractivity (Wildman–Crippen MR) is 49.1 cm³/mol. The second kappa shape index (κ2) is 4.66. The number of nitrogens with zero attached hydrogens (tertiary/aromatic N) is 1. The molecule has 0 atom stereocenters. The quantitative estimate of drug-likeness (QED) is 0.823. The van der Waals surface area contributed by atoms with Gasteiger partial charge in [0.1, 0.15) is 0 Å². The van der Waals surface area contributed by atoms with Crippen LogP contribution in [0.3, 0.4) is 0 Å². The topological polar surface area (TPSA) is 79.7 Å². The number of ether oxygens (including phenoxy) is 1. The third-order valence-electron chi connectivity index (χ3n) is 1.61. The summed E-state index contributed by atoms with van der Waals surface area (Å²) in [5.41, 5.74) is -0.830. The molecule has 0 aromatic carbocycles. The molecule has 0 radical (unpaired) electrons. The Morgan fingerprint density at radius 3 is 2.53 bits per heavy atom. The Kier molecular flexibility index (Phi) is 3.66. The molecule has 0 aliphatic carbocycles. The van der Waals surface area contributed by atoms with E-state index in [2.05, 4.69) is 9.72 Å². The fraction of sp³-hybridized carbons (Fsp3) is 0.250. The number of rotatable bonds is 3. The molecular formula is C8H5ClF3NO4. The van der Waals surface area contributed by atoms with Crippen LogP contribution >= 0.6 is 11.6 Å². The number of aromatic hydroxyl groups is 1. The van der Waals surface area contributed by atoms with Gasteiger partial charge in [-0.1, -0.05) is 0 Å². The number of carboxylic acids is 1. The summed E-state index contributed by atoms with van der Waals surface area (Å²) in [6.45, 7) is 0. The average molecular weight is 272 g/mol. The molecule has 0 amide bonds. The molecule has 5 nitrogen and oxygen atoms in total. The fourth-order valence-electron chi connectivity index (χ4n) is 0.998. The number of aromatic nitrogens is 1. The Morgan fingerprint density at radius 1 is 1.53 bits per heavy atom. The summed E-state index contributed by atoms with van der Waals surface area (Å²) in [5.74, 6) is -4.08. The normalized spacial score (nSPS) is 11.3. The van der Waals surface area contributed by atoms with Gasteiger partial charge in [0, 0.05) is 11.4 Å². The first-order chi connectivity index (χ1) is 7.74. The van der Waals surface area contributed by atoms with Gasteiger partial charge in [0.15, 0.2) is 11.4 Å². The van der Waals surface area contributed by atoms with E-state index >= 15 is 0 Å². The van der Waals surface area contributed by atoms with E-state index in [0.717, 1.165) is 6.07 Å². The Labute approximate surface area is 97.4 Å². The van der Waals surface area contributed by atoms with Crippen molar-refractivity contribution in [2.24, 2.45) is 0 Å². The van der Waals surface area contributed by atoms with Gasteiger partial charge in [-0.25, -0.2) is 9.78 Å². The lowest BCUT2D eigenvalue weighted by Crippen LogP contribution is -2.19. The van der Waals surface area contributed by atoms with E-state index in [1.54, 1.807) is 0 Å². The van der Waals surface area contributed by atoms with Crippen molar-refractivity contribution >= 4 is 17.6 Å². The van der Waals surface area contributed by atoms with Gasteiger partial charge in [0.05, 0.1) is 0 Å². The standard InChI is InChI=1S/C8H5ClF3NO4/c9-2-3-1-4(14)6(17-8(10,11)12)13-5(3)7(15)16/h1,14H,2H2,(H,15,16). The van der Waals surface area contributed by atoms with Crippen molar-refractivity contribution in [3.8, 4) is 11.6 Å². The van der Waals surface area contributed by atoms with E-state index in [9.17, 15) is 18.0 Å². The number of halogens is 4. The molecular weight excluding hydrogens is 267 g/mol. The van der Waals surface area contributed by atoms with E-state index in [1.807, 2.05) is 0 Å². The summed E-state index contributed by atoms with van der Waals surface area (Å²) in [5, 5.41) is 17.8. The van der Waals surface area contributed by atoms with E-state index in [-0.39, 0.29) is 11.4 Å². The maximum atomic E-state index is 11.9. The molecule has 0 saturated heterocycles. The second-order valence-corrected chi connectivity index (χ2v) is 3.07. The number of aromatic carboxylic acids is 1. The van der Waals surface area contributed by atoms with Crippen molar-refractivity contribution in [2.75, 3.05) is 0 Å². The summed E-state index contributed by atoms with van der Waals surface area (Å²) in [4.78, 5) is 13.7. The Bertz CT molecular complexity index is 449. The summed E-state index contributed by atoms with van der Waals surface area (Å²) < 4.78 is 39.0. The molecule has 0 saturated carbocycles. The summed E-state index contributed by atoms with van der Waals surface area (Å²) in [6.07, 6.45) is -5.08. The van der Waals surface area contributed by atoms with Crippen LogP contribution < -0.4 is 4.74 Å². The van der Waals surface area contributed by atoms with Gasteiger partial charge in [-0.05, 0) is 6.07 Å². The Morgan fingerprint density at radius 2 is 2.12 bits per heavy atom. The van der Waals surface area contributed by atoms with Gasteiger partial charge in [-0.3, -0.25) is 0 Å². The first-order valence-electron chi connectivity index (χ1n) is 4.02. The molecule has 0 unspecified atom stereocenters. The molecule has 0 aliphatic heterocycles. The molecule has 1 rings (SSSR count). The van der Waals surface area contributed by atoms with E-state index < -0.39 is 29.7 Å². The minimum absolute atomic E-state index is 0.119. The number of alkyl halides is 4. The van der Waals surface area contributed by atoms with Crippen molar-refractivity contribution in [3.63, 3.8) is 0 Å². The number of hydrogen-bond acceptors (Lipinski definition) is 4. The Balaban J connectivity index is 3.25. The molecule has 9 heteroatoms. The average Bonchev–Trinajstić information content (AvgIpc) is 2.18. The van der Waals surface area contributed by atoms with Gasteiger partial charge < -0.3 is 14.9 Å². The highest BCUT2D eigenvalue weighted by molar-refractivity contribution is 6.17. The van der Waals surface area contributed by atoms with Gasteiger partial charge in [0.2, 0.25) is 0 Å². The SMILES string of the molecule is O=C(O)c1nc(OC(F)(F)F)c(O)cc1CCl. The van der Waals surface area contributed by atoms with Crippen molar-refractivity contribution in [2.45, 2.75) is 12.2 Å². The lowest BCUT2D eigenvalue weighted by atomic mass is 10.2. The van der Waals surface area contributed by atoms with Crippen LogP contribution in [0.1, 0.15) is 16.1 Å². The van der Waals surface area contributed by atoms with Crippen LogP contribution in [0.2, 0.25) is 0 Å². The van der Waals surface area contributed by atoms with Gasteiger partial charge in [0.25, 0.3) is 5.88 Å². The highest BCUT2D eigenvalue weighted by Gasteiger charge is 2.34. The van der Waals surface area contributed by atoms with Crippen LogP contribution in [0.25, 0.3) is 0 Å². The fourth-order valence-corrected chi connectivity index (χ4v) is 1.20. The number of carbonyl (C=O) groups is 1. The third kappa shape index (κ3) is 3.38. The minimum atomic E-state index is -5.08. The Hall–Kier alpha value is -1.70. The number of carboxylic acid groups (broad SMARTS) is 1. The molecule has 2 N–H and O–H groups in total. The zero-order chi connectivity index (χ0) is 13.2.